The fourth-order valence-corrected chi connectivity index (χ4v) is 3.32. The molecule has 0 aliphatic carbocycles. The lowest BCUT2D eigenvalue weighted by molar-refractivity contribution is -0.152. The van der Waals surface area contributed by atoms with Crippen molar-refractivity contribution < 1.29 is 28.7 Å². The number of hydrogen-bond acceptors (Lipinski definition) is 7. The van der Waals surface area contributed by atoms with E-state index in [1.54, 1.807) is 18.7 Å². The number of carbonyl (C=O) groups excluding carboxylic acids is 4. The Balaban J connectivity index is 3.30. The maximum Gasteiger partial charge on any atom is 0.397 e. The molecule has 0 fully saturated rings. The molecule has 0 atom stereocenters. The molecule has 0 aliphatic rings. The lowest BCUT2D eigenvalue weighted by atomic mass is 10.1. The van der Waals surface area contributed by atoms with Gasteiger partial charge in [-0.3, -0.25) is 9.59 Å². The minimum absolute atomic E-state index is 0.0469. The Morgan fingerprint density at radius 2 is 1.72 bits per heavy atom. The maximum absolute atomic E-state index is 12.6. The maximum atomic E-state index is 12.6. The molecule has 1 rings (SSSR count). The Morgan fingerprint density at radius 1 is 1.12 bits per heavy atom. The molecular formula is C16H22N2O6S. The normalized spacial score (nSPS) is 10.1. The first kappa shape index (κ1) is 20.6. The smallest absolute Gasteiger partial charge is 0.397 e. The first-order valence-corrected chi connectivity index (χ1v) is 8.62. The van der Waals surface area contributed by atoms with Crippen LogP contribution in [0, 0.1) is 6.92 Å². The predicted octanol–water partition coefficient (Wildman–Crippen LogP) is 1.83. The molecule has 0 radical (unpaired) electrons. The van der Waals surface area contributed by atoms with Crippen molar-refractivity contribution >= 4 is 40.1 Å². The first-order chi connectivity index (χ1) is 11.8. The molecule has 0 aliphatic heterocycles. The van der Waals surface area contributed by atoms with Gasteiger partial charge in [0.1, 0.15) is 5.00 Å². The number of esters is 2. The molecule has 1 heterocycles. The molecule has 0 aromatic carbocycles. The number of hydrogen-bond donors (Lipinski definition) is 1. The third-order valence-electron chi connectivity index (χ3n) is 3.47. The summed E-state index contributed by atoms with van der Waals surface area (Å²) in [6.07, 6.45) is 0. The van der Waals surface area contributed by atoms with Crippen LogP contribution in [0.2, 0.25) is 0 Å². The molecule has 8 nitrogen and oxygen atoms in total. The number of rotatable bonds is 6. The van der Waals surface area contributed by atoms with Crippen molar-refractivity contribution in [2.75, 3.05) is 32.1 Å². The fraction of sp³-hybridized carbons (Fsp3) is 0.500. The van der Waals surface area contributed by atoms with Crippen molar-refractivity contribution in [1.82, 2.24) is 4.90 Å². The van der Waals surface area contributed by atoms with E-state index in [9.17, 15) is 19.2 Å². The van der Waals surface area contributed by atoms with E-state index in [0.717, 1.165) is 11.3 Å². The molecule has 0 bridgehead atoms. The Kier molecular flexibility index (Phi) is 7.56. The number of carbonyl (C=O) groups is 4. The van der Waals surface area contributed by atoms with Gasteiger partial charge in [0.2, 0.25) is 0 Å². The second-order valence-electron chi connectivity index (χ2n) is 4.90. The lowest BCUT2D eigenvalue weighted by Gasteiger charge is -2.17. The van der Waals surface area contributed by atoms with E-state index < -0.39 is 17.8 Å². The summed E-state index contributed by atoms with van der Waals surface area (Å²) in [5, 5.41) is 2.42. The van der Waals surface area contributed by atoms with E-state index >= 15 is 0 Å². The molecule has 1 aromatic rings. The van der Waals surface area contributed by atoms with Crippen LogP contribution in [0.1, 0.15) is 46.4 Å². The summed E-state index contributed by atoms with van der Waals surface area (Å²) in [6, 6.07) is 0. The molecule has 0 unspecified atom stereocenters. The molecule has 0 saturated carbocycles. The van der Waals surface area contributed by atoms with Crippen molar-refractivity contribution in [2.45, 2.75) is 27.7 Å². The summed E-state index contributed by atoms with van der Waals surface area (Å²) in [5.41, 5.74) is 0.452. The van der Waals surface area contributed by atoms with Crippen LogP contribution in [0.4, 0.5) is 5.00 Å². The van der Waals surface area contributed by atoms with Gasteiger partial charge in [0.05, 0.1) is 24.2 Å². The van der Waals surface area contributed by atoms with Gasteiger partial charge < -0.3 is 19.7 Å². The molecular weight excluding hydrogens is 348 g/mol. The van der Waals surface area contributed by atoms with Gasteiger partial charge in [-0.05, 0) is 33.3 Å². The number of thiophene rings is 1. The number of nitrogens with one attached hydrogen (secondary N) is 1. The van der Waals surface area contributed by atoms with Crippen LogP contribution in [0.5, 0.6) is 0 Å². The van der Waals surface area contributed by atoms with Crippen molar-refractivity contribution in [3.63, 3.8) is 0 Å². The largest absolute Gasteiger partial charge is 0.465 e. The van der Waals surface area contributed by atoms with E-state index in [2.05, 4.69) is 10.1 Å². The Hall–Kier alpha value is -2.42. The lowest BCUT2D eigenvalue weighted by Crippen LogP contribution is -2.30. The summed E-state index contributed by atoms with van der Waals surface area (Å²) in [6.45, 7) is 7.91. The average Bonchev–Trinajstić information content (AvgIpc) is 2.91. The van der Waals surface area contributed by atoms with Crippen LogP contribution < -0.4 is 5.32 Å². The zero-order valence-electron chi connectivity index (χ0n) is 14.9. The zero-order valence-corrected chi connectivity index (χ0v) is 15.7. The van der Waals surface area contributed by atoms with Gasteiger partial charge >= 0.3 is 17.8 Å². The molecule has 0 saturated heterocycles. The summed E-state index contributed by atoms with van der Waals surface area (Å²) in [4.78, 5) is 50.0. The van der Waals surface area contributed by atoms with Crippen molar-refractivity contribution in [1.29, 1.82) is 0 Å². The van der Waals surface area contributed by atoms with Gasteiger partial charge in [0.25, 0.3) is 5.91 Å². The third-order valence-corrected chi connectivity index (χ3v) is 4.66. The van der Waals surface area contributed by atoms with E-state index in [1.807, 2.05) is 13.8 Å². The van der Waals surface area contributed by atoms with Gasteiger partial charge in [-0.1, -0.05) is 0 Å². The van der Waals surface area contributed by atoms with Gasteiger partial charge in [0.15, 0.2) is 0 Å². The van der Waals surface area contributed by atoms with Crippen LogP contribution in [-0.4, -0.2) is 55.5 Å². The quantitative estimate of drug-likeness (QED) is 0.605. The van der Waals surface area contributed by atoms with Gasteiger partial charge in [-0.15, -0.1) is 11.3 Å². The number of methoxy groups -OCH3 is 1. The molecule has 1 aromatic heterocycles. The third kappa shape index (κ3) is 4.56. The van der Waals surface area contributed by atoms with Crippen LogP contribution in [0.15, 0.2) is 0 Å². The van der Waals surface area contributed by atoms with Crippen LogP contribution in [0.25, 0.3) is 0 Å². The SMILES string of the molecule is CCOC(=O)C(=O)Nc1sc(C(=O)N(CC)CC)c(C)c1C(=O)OC. The summed E-state index contributed by atoms with van der Waals surface area (Å²) >= 11 is 0.929. The van der Waals surface area contributed by atoms with Crippen LogP contribution >= 0.6 is 11.3 Å². The zero-order chi connectivity index (χ0) is 19.1. The Morgan fingerprint density at radius 3 is 2.20 bits per heavy atom. The van der Waals surface area contributed by atoms with Gasteiger partial charge in [-0.25, -0.2) is 9.59 Å². The fourth-order valence-electron chi connectivity index (χ4n) is 2.16. The predicted molar refractivity (Wildman–Crippen MR) is 92.9 cm³/mol. The molecule has 0 spiro atoms. The topological polar surface area (TPSA) is 102 Å². The van der Waals surface area contributed by atoms with Crippen molar-refractivity contribution in [3.05, 3.63) is 16.0 Å². The second-order valence-corrected chi connectivity index (χ2v) is 5.92. The number of amides is 2. The van der Waals surface area contributed by atoms with Crippen LogP contribution in [0.3, 0.4) is 0 Å². The van der Waals surface area contributed by atoms with Crippen molar-refractivity contribution in [3.8, 4) is 0 Å². The summed E-state index contributed by atoms with van der Waals surface area (Å²) in [5.74, 6) is -3.04. The Bertz CT molecular complexity index is 678. The molecule has 1 N–H and O–H groups in total. The van der Waals surface area contributed by atoms with Crippen molar-refractivity contribution in [2.24, 2.45) is 0 Å². The molecule has 138 valence electrons. The highest BCUT2D eigenvalue weighted by Gasteiger charge is 2.29. The number of ether oxygens (including phenoxy) is 2. The summed E-state index contributed by atoms with van der Waals surface area (Å²) < 4.78 is 9.35. The molecule has 2 amide bonds. The standard InChI is InChI=1S/C16H22N2O6S/c1-6-18(7-2)14(20)11-9(4)10(15(21)23-5)13(25-11)17-12(19)16(22)24-8-3/h6-8H2,1-5H3,(H,17,19). The second kappa shape index (κ2) is 9.16. The van der Waals surface area contributed by atoms with Crippen LogP contribution in [-0.2, 0) is 19.1 Å². The first-order valence-electron chi connectivity index (χ1n) is 7.81. The van der Waals surface area contributed by atoms with E-state index in [1.165, 1.54) is 7.11 Å². The minimum Gasteiger partial charge on any atom is -0.465 e. The summed E-state index contributed by atoms with van der Waals surface area (Å²) in [7, 11) is 1.20. The van der Waals surface area contributed by atoms with Gasteiger partial charge in [-0.2, -0.15) is 0 Å². The highest BCUT2D eigenvalue weighted by atomic mass is 32.1. The van der Waals surface area contributed by atoms with E-state index in [4.69, 9.17) is 4.74 Å². The van der Waals surface area contributed by atoms with E-state index in [-0.39, 0.29) is 23.1 Å². The van der Waals surface area contributed by atoms with E-state index in [0.29, 0.717) is 23.5 Å². The molecule has 9 heteroatoms. The number of anilines is 1. The molecule has 25 heavy (non-hydrogen) atoms. The highest BCUT2D eigenvalue weighted by Crippen LogP contribution is 2.34. The average molecular weight is 370 g/mol. The highest BCUT2D eigenvalue weighted by molar-refractivity contribution is 7.18. The number of nitrogens with zero attached hydrogens (tertiary/aromatic N) is 1. The van der Waals surface area contributed by atoms with Gasteiger partial charge in [0, 0.05) is 13.1 Å². The monoisotopic (exact) mass is 370 g/mol. The Labute approximate surface area is 150 Å². The minimum atomic E-state index is -1.07.